The molecule has 1 aromatic rings. The highest BCUT2D eigenvalue weighted by Crippen LogP contribution is 2.02. The molecule has 1 rings (SSSR count). The number of hydrogen-bond acceptors (Lipinski definition) is 4. The highest BCUT2D eigenvalue weighted by Gasteiger charge is 2.08. The van der Waals surface area contributed by atoms with Gasteiger partial charge in [0.2, 0.25) is 6.08 Å². The minimum atomic E-state index is -0.435. The number of nitrogens with zero attached hydrogens (tertiary/aromatic N) is 2. The van der Waals surface area contributed by atoms with Gasteiger partial charge in [0.05, 0.1) is 6.54 Å². The first-order valence-electron chi connectivity index (χ1n) is 5.19. The van der Waals surface area contributed by atoms with Gasteiger partial charge in [0, 0.05) is 13.6 Å². The van der Waals surface area contributed by atoms with Crippen molar-refractivity contribution in [3.05, 3.63) is 35.9 Å². The first-order chi connectivity index (χ1) is 8.24. The van der Waals surface area contributed by atoms with Crippen LogP contribution in [0.4, 0.5) is 4.79 Å². The average molecular weight is 234 g/mol. The van der Waals surface area contributed by atoms with E-state index in [0.717, 1.165) is 5.56 Å². The van der Waals surface area contributed by atoms with Crippen LogP contribution in [0, 0.1) is 0 Å². The van der Waals surface area contributed by atoms with Gasteiger partial charge in [-0.15, -0.1) is 0 Å². The van der Waals surface area contributed by atoms with E-state index in [1.807, 2.05) is 30.3 Å². The lowest BCUT2D eigenvalue weighted by Crippen LogP contribution is -2.29. The molecule has 17 heavy (non-hydrogen) atoms. The summed E-state index contributed by atoms with van der Waals surface area (Å²) >= 11 is 0. The number of aliphatic imine (C=N–C) groups is 1. The van der Waals surface area contributed by atoms with Gasteiger partial charge in [-0.05, 0) is 5.56 Å². The topological polar surface area (TPSA) is 59.0 Å². The highest BCUT2D eigenvalue weighted by atomic mass is 16.6. The van der Waals surface area contributed by atoms with Crippen molar-refractivity contribution in [1.82, 2.24) is 4.90 Å². The van der Waals surface area contributed by atoms with Crippen LogP contribution in [0.25, 0.3) is 0 Å². The summed E-state index contributed by atoms with van der Waals surface area (Å²) in [5, 5.41) is 0. The van der Waals surface area contributed by atoms with Crippen molar-refractivity contribution in [3.63, 3.8) is 0 Å². The summed E-state index contributed by atoms with van der Waals surface area (Å²) in [6.45, 7) is 0.810. The van der Waals surface area contributed by atoms with E-state index in [0.29, 0.717) is 6.54 Å². The lowest BCUT2D eigenvalue weighted by molar-refractivity contribution is 0.106. The van der Waals surface area contributed by atoms with Gasteiger partial charge in [0.15, 0.2) is 0 Å². The van der Waals surface area contributed by atoms with Crippen molar-refractivity contribution in [2.24, 2.45) is 4.99 Å². The maximum atomic E-state index is 11.5. The third-order valence-corrected chi connectivity index (χ3v) is 2.13. The largest absolute Gasteiger partial charge is 0.445 e. The SMILES string of the molecule is CN(CCN=C=O)C(=O)OCc1ccccc1. The van der Waals surface area contributed by atoms with E-state index in [1.165, 1.54) is 11.0 Å². The van der Waals surface area contributed by atoms with Gasteiger partial charge in [-0.25, -0.2) is 14.6 Å². The Bertz CT molecular complexity index is 399. The molecule has 0 N–H and O–H groups in total. The van der Waals surface area contributed by atoms with Crippen LogP contribution >= 0.6 is 0 Å². The molecular weight excluding hydrogens is 220 g/mol. The van der Waals surface area contributed by atoms with Crippen molar-refractivity contribution >= 4 is 12.2 Å². The van der Waals surface area contributed by atoms with Crippen molar-refractivity contribution in [2.45, 2.75) is 6.61 Å². The molecule has 5 nitrogen and oxygen atoms in total. The summed E-state index contributed by atoms with van der Waals surface area (Å²) in [6, 6.07) is 9.42. The number of rotatable bonds is 5. The molecular formula is C12H14N2O3. The molecule has 1 amide bonds. The van der Waals surface area contributed by atoms with E-state index >= 15 is 0 Å². The van der Waals surface area contributed by atoms with Crippen molar-refractivity contribution in [1.29, 1.82) is 0 Å². The quantitative estimate of drug-likeness (QED) is 0.574. The lowest BCUT2D eigenvalue weighted by Gasteiger charge is -2.15. The van der Waals surface area contributed by atoms with E-state index in [-0.39, 0.29) is 13.2 Å². The average Bonchev–Trinajstić information content (AvgIpc) is 2.37. The molecule has 0 heterocycles. The standard InChI is InChI=1S/C12H14N2O3/c1-14(8-7-13-10-15)12(16)17-9-11-5-3-2-4-6-11/h2-6H,7-9H2,1H3. The molecule has 0 aliphatic rings. The third-order valence-electron chi connectivity index (χ3n) is 2.13. The summed E-state index contributed by atoms with van der Waals surface area (Å²) in [5.41, 5.74) is 0.931. The Balaban J connectivity index is 2.31. The fourth-order valence-corrected chi connectivity index (χ4v) is 1.17. The molecule has 0 radical (unpaired) electrons. The van der Waals surface area contributed by atoms with Crippen molar-refractivity contribution < 1.29 is 14.3 Å². The Labute approximate surface area is 99.7 Å². The minimum absolute atomic E-state index is 0.237. The predicted molar refractivity (Wildman–Crippen MR) is 62.2 cm³/mol. The summed E-state index contributed by atoms with van der Waals surface area (Å²) in [4.78, 5) is 26.0. The zero-order valence-electron chi connectivity index (χ0n) is 9.63. The number of ether oxygens (including phenoxy) is 1. The third kappa shape index (κ3) is 4.95. The van der Waals surface area contributed by atoms with Crippen LogP contribution in [0.15, 0.2) is 35.3 Å². The summed E-state index contributed by atoms with van der Waals surface area (Å²) in [7, 11) is 1.59. The molecule has 0 spiro atoms. The molecule has 0 bridgehead atoms. The number of isocyanates is 1. The van der Waals surface area contributed by atoms with E-state index in [2.05, 4.69) is 4.99 Å². The maximum absolute atomic E-state index is 11.5. The van der Waals surface area contributed by atoms with E-state index in [9.17, 15) is 9.59 Å². The van der Waals surface area contributed by atoms with Crippen LogP contribution in [-0.2, 0) is 16.1 Å². The summed E-state index contributed by atoms with van der Waals surface area (Å²) < 4.78 is 5.07. The smallest absolute Gasteiger partial charge is 0.409 e. The van der Waals surface area contributed by atoms with Gasteiger partial charge in [-0.3, -0.25) is 0 Å². The molecule has 90 valence electrons. The van der Waals surface area contributed by atoms with Crippen molar-refractivity contribution in [3.8, 4) is 0 Å². The van der Waals surface area contributed by atoms with E-state index in [4.69, 9.17) is 4.74 Å². The highest BCUT2D eigenvalue weighted by molar-refractivity contribution is 5.67. The number of carbonyl (C=O) groups excluding carboxylic acids is 2. The van der Waals surface area contributed by atoms with Crippen LogP contribution in [0.1, 0.15) is 5.56 Å². The first-order valence-corrected chi connectivity index (χ1v) is 5.19. The zero-order valence-corrected chi connectivity index (χ0v) is 9.63. The van der Waals surface area contributed by atoms with Crippen molar-refractivity contribution in [2.75, 3.05) is 20.1 Å². The number of amides is 1. The number of likely N-dealkylation sites (N-methyl/N-ethyl adjacent to an activating group) is 1. The molecule has 0 atom stereocenters. The van der Waals surface area contributed by atoms with Crippen LogP contribution < -0.4 is 0 Å². The fourth-order valence-electron chi connectivity index (χ4n) is 1.17. The second kappa shape index (κ2) is 7.19. The maximum Gasteiger partial charge on any atom is 0.409 e. The lowest BCUT2D eigenvalue weighted by atomic mass is 10.2. The van der Waals surface area contributed by atoms with E-state index in [1.54, 1.807) is 7.05 Å². The van der Waals surface area contributed by atoms with Gasteiger partial charge >= 0.3 is 6.09 Å². The first kappa shape index (κ1) is 12.9. The Kier molecular flexibility index (Phi) is 5.47. The monoisotopic (exact) mass is 234 g/mol. The Morgan fingerprint density at radius 3 is 2.76 bits per heavy atom. The zero-order chi connectivity index (χ0) is 12.5. The van der Waals surface area contributed by atoms with Gasteiger partial charge in [-0.2, -0.15) is 0 Å². The minimum Gasteiger partial charge on any atom is -0.445 e. The summed E-state index contributed by atoms with van der Waals surface area (Å²) in [5.74, 6) is 0. The van der Waals surface area contributed by atoms with Crippen LogP contribution in [0.3, 0.4) is 0 Å². The molecule has 0 unspecified atom stereocenters. The second-order valence-corrected chi connectivity index (χ2v) is 3.43. The van der Waals surface area contributed by atoms with Crippen LogP contribution in [0.5, 0.6) is 0 Å². The Morgan fingerprint density at radius 2 is 2.12 bits per heavy atom. The Hall–Kier alpha value is -2.13. The predicted octanol–water partition coefficient (Wildman–Crippen LogP) is 1.59. The Morgan fingerprint density at radius 1 is 1.41 bits per heavy atom. The van der Waals surface area contributed by atoms with Crippen LogP contribution in [0.2, 0.25) is 0 Å². The molecule has 0 aliphatic carbocycles. The molecule has 5 heteroatoms. The molecule has 0 aromatic heterocycles. The van der Waals surface area contributed by atoms with Gasteiger partial charge in [0.25, 0.3) is 0 Å². The second-order valence-electron chi connectivity index (χ2n) is 3.43. The van der Waals surface area contributed by atoms with Crippen LogP contribution in [-0.4, -0.2) is 37.2 Å². The fraction of sp³-hybridized carbons (Fsp3) is 0.333. The molecule has 0 aliphatic heterocycles. The molecule has 0 saturated carbocycles. The molecule has 0 saturated heterocycles. The van der Waals surface area contributed by atoms with E-state index < -0.39 is 6.09 Å². The number of carbonyl (C=O) groups is 1. The normalized spacial score (nSPS) is 9.24. The van der Waals surface area contributed by atoms with Gasteiger partial charge in [-0.1, -0.05) is 30.3 Å². The van der Waals surface area contributed by atoms with Gasteiger partial charge in [0.1, 0.15) is 6.61 Å². The number of benzene rings is 1. The van der Waals surface area contributed by atoms with Gasteiger partial charge < -0.3 is 9.64 Å². The molecule has 1 aromatic carbocycles. The summed E-state index contributed by atoms with van der Waals surface area (Å²) in [6.07, 6.45) is 0.981. The number of hydrogen-bond donors (Lipinski definition) is 0. The molecule has 0 fully saturated rings.